The quantitative estimate of drug-likeness (QED) is 0.373. The van der Waals surface area contributed by atoms with E-state index in [1.165, 1.54) is 5.56 Å². The summed E-state index contributed by atoms with van der Waals surface area (Å²) in [4.78, 5) is 12.7. The molecule has 1 aromatic heterocycles. The summed E-state index contributed by atoms with van der Waals surface area (Å²) in [6.45, 7) is 4.33. The van der Waals surface area contributed by atoms with E-state index in [4.69, 9.17) is 11.6 Å². The van der Waals surface area contributed by atoms with E-state index in [1.54, 1.807) is 6.92 Å². The molecule has 0 saturated heterocycles. The molecule has 0 unspecified atom stereocenters. The predicted molar refractivity (Wildman–Crippen MR) is 113 cm³/mol. The molecule has 0 aliphatic carbocycles. The average molecular weight is 374 g/mol. The summed E-state index contributed by atoms with van der Waals surface area (Å²) >= 11 is 6.31. The van der Waals surface area contributed by atoms with Crippen LogP contribution < -0.4 is 0 Å². The first kappa shape index (κ1) is 17.6. The molecule has 0 aliphatic heterocycles. The molecule has 0 N–H and O–H groups in total. The molecule has 0 amide bonds. The number of ketones is 1. The molecule has 4 aromatic rings. The van der Waals surface area contributed by atoms with E-state index >= 15 is 0 Å². The number of nitrogens with zero attached hydrogens (tertiary/aromatic N) is 1. The Balaban J connectivity index is 2.03. The van der Waals surface area contributed by atoms with Crippen molar-refractivity contribution in [2.75, 3.05) is 0 Å². The Labute approximate surface area is 164 Å². The van der Waals surface area contributed by atoms with Gasteiger partial charge in [0.05, 0.1) is 5.69 Å². The van der Waals surface area contributed by atoms with Crippen LogP contribution in [-0.2, 0) is 6.54 Å². The number of rotatable bonds is 4. The third kappa shape index (κ3) is 3.29. The summed E-state index contributed by atoms with van der Waals surface area (Å²) in [5.41, 5.74) is 6.07. The van der Waals surface area contributed by atoms with Crippen molar-refractivity contribution in [3.8, 4) is 11.1 Å². The van der Waals surface area contributed by atoms with Crippen molar-refractivity contribution in [1.82, 2.24) is 4.57 Å². The lowest BCUT2D eigenvalue weighted by Gasteiger charge is -2.11. The average Bonchev–Trinajstić information content (AvgIpc) is 2.97. The largest absolute Gasteiger partial charge is 0.333 e. The maximum absolute atomic E-state index is 12.7. The zero-order valence-corrected chi connectivity index (χ0v) is 16.1. The first-order valence-electron chi connectivity index (χ1n) is 8.98. The Morgan fingerprint density at radius 1 is 0.963 bits per heavy atom. The Morgan fingerprint density at radius 2 is 1.67 bits per heavy atom. The van der Waals surface area contributed by atoms with Gasteiger partial charge in [-0.15, -0.1) is 0 Å². The highest BCUT2D eigenvalue weighted by atomic mass is 35.5. The van der Waals surface area contributed by atoms with E-state index in [9.17, 15) is 4.79 Å². The minimum atomic E-state index is 0.0498. The lowest BCUT2D eigenvalue weighted by atomic mass is 9.99. The standard InChI is InChI=1S/C24H20ClNO/c1-16-8-10-19(11-9-16)23-21-14-20(25)12-13-22(21)26(24(23)17(2)27)15-18-6-4-3-5-7-18/h3-14H,15H2,1-2H3. The van der Waals surface area contributed by atoms with Gasteiger partial charge in [0.2, 0.25) is 0 Å². The number of benzene rings is 3. The molecule has 0 saturated carbocycles. The number of carbonyl (C=O) groups is 1. The zero-order valence-electron chi connectivity index (χ0n) is 15.4. The van der Waals surface area contributed by atoms with E-state index < -0.39 is 0 Å². The molecular formula is C24H20ClNO. The van der Waals surface area contributed by atoms with Crippen LogP contribution in [0.15, 0.2) is 72.8 Å². The van der Waals surface area contributed by atoms with Gasteiger partial charge < -0.3 is 4.57 Å². The molecule has 3 aromatic carbocycles. The Hall–Kier alpha value is -2.84. The summed E-state index contributed by atoms with van der Waals surface area (Å²) < 4.78 is 2.11. The van der Waals surface area contributed by atoms with Crippen LogP contribution in [0.4, 0.5) is 0 Å². The first-order valence-corrected chi connectivity index (χ1v) is 9.36. The van der Waals surface area contributed by atoms with Crippen molar-refractivity contribution in [3.05, 3.63) is 94.6 Å². The molecule has 4 rings (SSSR count). The van der Waals surface area contributed by atoms with E-state index in [0.717, 1.165) is 33.3 Å². The summed E-state index contributed by atoms with van der Waals surface area (Å²) in [5.74, 6) is 0.0498. The van der Waals surface area contributed by atoms with Crippen molar-refractivity contribution in [2.45, 2.75) is 20.4 Å². The molecular weight excluding hydrogens is 354 g/mol. The number of hydrogen-bond acceptors (Lipinski definition) is 1. The normalized spacial score (nSPS) is 11.1. The first-order chi connectivity index (χ1) is 13.0. The second-order valence-corrected chi connectivity index (χ2v) is 7.32. The molecule has 3 heteroatoms. The molecule has 1 heterocycles. The highest BCUT2D eigenvalue weighted by Crippen LogP contribution is 2.37. The Kier molecular flexibility index (Phi) is 4.59. The third-order valence-electron chi connectivity index (χ3n) is 4.88. The molecule has 134 valence electrons. The predicted octanol–water partition coefficient (Wildman–Crippen LogP) is 6.52. The molecule has 0 spiro atoms. The third-order valence-corrected chi connectivity index (χ3v) is 5.12. The topological polar surface area (TPSA) is 22.0 Å². The number of carbonyl (C=O) groups excluding carboxylic acids is 1. The number of aryl methyl sites for hydroxylation is 1. The number of fused-ring (bicyclic) bond motifs is 1. The molecule has 0 fully saturated rings. The second-order valence-electron chi connectivity index (χ2n) is 6.88. The number of hydrogen-bond donors (Lipinski definition) is 0. The molecule has 0 aliphatic rings. The highest BCUT2D eigenvalue weighted by molar-refractivity contribution is 6.31. The SMILES string of the molecule is CC(=O)c1c(-c2ccc(C)cc2)c2cc(Cl)ccc2n1Cc1ccccc1. The Morgan fingerprint density at radius 3 is 2.33 bits per heavy atom. The van der Waals surface area contributed by atoms with Crippen molar-refractivity contribution < 1.29 is 4.79 Å². The van der Waals surface area contributed by atoms with E-state index in [0.29, 0.717) is 11.6 Å². The van der Waals surface area contributed by atoms with Crippen LogP contribution in [0.5, 0.6) is 0 Å². The lowest BCUT2D eigenvalue weighted by Crippen LogP contribution is -2.08. The molecule has 0 radical (unpaired) electrons. The monoisotopic (exact) mass is 373 g/mol. The van der Waals surface area contributed by atoms with E-state index in [2.05, 4.69) is 47.9 Å². The van der Waals surface area contributed by atoms with Gasteiger partial charge in [0.15, 0.2) is 5.78 Å². The van der Waals surface area contributed by atoms with Gasteiger partial charge in [0, 0.05) is 35.0 Å². The molecule has 27 heavy (non-hydrogen) atoms. The fourth-order valence-corrected chi connectivity index (χ4v) is 3.81. The van der Waals surface area contributed by atoms with Crippen molar-refractivity contribution >= 4 is 28.3 Å². The minimum absolute atomic E-state index is 0.0498. The highest BCUT2D eigenvalue weighted by Gasteiger charge is 2.22. The smallest absolute Gasteiger partial charge is 0.176 e. The second kappa shape index (κ2) is 7.05. The van der Waals surface area contributed by atoms with Crippen molar-refractivity contribution in [3.63, 3.8) is 0 Å². The molecule has 0 bridgehead atoms. The van der Waals surface area contributed by atoms with Gasteiger partial charge in [0.1, 0.15) is 0 Å². The summed E-state index contributed by atoms with van der Waals surface area (Å²) in [5, 5.41) is 1.68. The van der Waals surface area contributed by atoms with Gasteiger partial charge in [-0.1, -0.05) is 71.8 Å². The fourth-order valence-electron chi connectivity index (χ4n) is 3.64. The zero-order chi connectivity index (χ0) is 19.0. The van der Waals surface area contributed by atoms with Crippen LogP contribution >= 0.6 is 11.6 Å². The van der Waals surface area contributed by atoms with Crippen molar-refractivity contribution in [1.29, 1.82) is 0 Å². The van der Waals surface area contributed by atoms with Crippen LogP contribution in [0.2, 0.25) is 5.02 Å². The van der Waals surface area contributed by atoms with Gasteiger partial charge in [-0.25, -0.2) is 0 Å². The Bertz CT molecular complexity index is 1120. The molecule has 0 atom stereocenters. The van der Waals surface area contributed by atoms with Crippen LogP contribution in [0.1, 0.15) is 28.5 Å². The van der Waals surface area contributed by atoms with Gasteiger partial charge in [-0.3, -0.25) is 4.79 Å². The van der Waals surface area contributed by atoms with Crippen LogP contribution in [0, 0.1) is 6.92 Å². The molecule has 2 nitrogen and oxygen atoms in total. The van der Waals surface area contributed by atoms with Gasteiger partial charge in [-0.2, -0.15) is 0 Å². The number of Topliss-reactive ketones (excluding diaryl/α,β-unsaturated/α-hetero) is 1. The number of halogens is 1. The lowest BCUT2D eigenvalue weighted by molar-refractivity contribution is 0.101. The van der Waals surface area contributed by atoms with Crippen LogP contribution in [0.25, 0.3) is 22.0 Å². The van der Waals surface area contributed by atoms with E-state index in [1.807, 2.05) is 36.4 Å². The van der Waals surface area contributed by atoms with Gasteiger partial charge >= 0.3 is 0 Å². The van der Waals surface area contributed by atoms with Gasteiger partial charge in [-0.05, 0) is 36.2 Å². The van der Waals surface area contributed by atoms with E-state index in [-0.39, 0.29) is 5.78 Å². The maximum Gasteiger partial charge on any atom is 0.176 e. The van der Waals surface area contributed by atoms with Crippen LogP contribution in [0.3, 0.4) is 0 Å². The fraction of sp³-hybridized carbons (Fsp3) is 0.125. The minimum Gasteiger partial charge on any atom is -0.333 e. The summed E-state index contributed by atoms with van der Waals surface area (Å²) in [6.07, 6.45) is 0. The van der Waals surface area contributed by atoms with Gasteiger partial charge in [0.25, 0.3) is 0 Å². The maximum atomic E-state index is 12.7. The van der Waals surface area contributed by atoms with Crippen molar-refractivity contribution in [2.24, 2.45) is 0 Å². The summed E-state index contributed by atoms with van der Waals surface area (Å²) in [7, 11) is 0. The van der Waals surface area contributed by atoms with Crippen LogP contribution in [-0.4, -0.2) is 10.4 Å². The summed E-state index contributed by atoms with van der Waals surface area (Å²) in [6, 6.07) is 24.3. The number of aromatic nitrogens is 1.